The summed E-state index contributed by atoms with van der Waals surface area (Å²) >= 11 is 0. The van der Waals surface area contributed by atoms with Crippen LogP contribution < -0.4 is 10.1 Å². The minimum Gasteiger partial charge on any atom is -0.478 e. The van der Waals surface area contributed by atoms with Crippen LogP contribution in [0.5, 0.6) is 5.75 Å². The van der Waals surface area contributed by atoms with E-state index in [4.69, 9.17) is 9.84 Å². The molecule has 0 heterocycles. The van der Waals surface area contributed by atoms with E-state index in [0.717, 1.165) is 23.5 Å². The average Bonchev–Trinajstić information content (AvgIpc) is 2.48. The minimum absolute atomic E-state index is 0.341. The van der Waals surface area contributed by atoms with Crippen LogP contribution in [0, 0.1) is 0 Å². The number of carbonyl (C=O) groups excluding carboxylic acids is 1. The summed E-state index contributed by atoms with van der Waals surface area (Å²) < 4.78 is 4.95. The summed E-state index contributed by atoms with van der Waals surface area (Å²) in [5.41, 5.74) is 1.80. The van der Waals surface area contributed by atoms with Gasteiger partial charge in [0.15, 0.2) is 0 Å². The van der Waals surface area contributed by atoms with E-state index >= 15 is 0 Å². The second-order valence-electron chi connectivity index (χ2n) is 4.11. The lowest BCUT2D eigenvalue weighted by Crippen LogP contribution is -2.04. The molecule has 2 rings (SSSR count). The Bertz CT molecular complexity index is 648. The molecule has 2 aromatic carbocycles. The second-order valence-corrected chi connectivity index (χ2v) is 4.11. The van der Waals surface area contributed by atoms with E-state index in [-0.39, 0.29) is 0 Å². The van der Waals surface area contributed by atoms with E-state index in [1.807, 2.05) is 30.3 Å². The van der Waals surface area contributed by atoms with E-state index in [2.05, 4.69) is 5.32 Å². The largest absolute Gasteiger partial charge is 0.478 e. The zero-order chi connectivity index (χ0) is 15.1. The van der Waals surface area contributed by atoms with Crippen molar-refractivity contribution in [2.75, 3.05) is 5.32 Å². The van der Waals surface area contributed by atoms with Crippen molar-refractivity contribution in [1.82, 2.24) is 0 Å². The maximum absolute atomic E-state index is 11.3. The highest BCUT2D eigenvalue weighted by Gasteiger charge is 2.02. The molecule has 0 fully saturated rings. The van der Waals surface area contributed by atoms with E-state index in [1.54, 1.807) is 24.3 Å². The van der Waals surface area contributed by atoms with Crippen LogP contribution in [0.1, 0.15) is 0 Å². The molecule has 0 unspecified atom stereocenters. The third kappa shape index (κ3) is 4.83. The Balaban J connectivity index is 1.96. The number of ether oxygens (including phenoxy) is 1. The van der Waals surface area contributed by atoms with Gasteiger partial charge < -0.3 is 15.2 Å². The molecule has 0 atom stereocenters. The number of carbonyl (C=O) groups is 2. The molecular formula is C16H13NO4. The molecule has 0 aliphatic carbocycles. The number of anilines is 2. The first-order valence-electron chi connectivity index (χ1n) is 6.18. The highest BCUT2D eigenvalue weighted by molar-refractivity contribution is 5.91. The quantitative estimate of drug-likeness (QED) is 0.501. The van der Waals surface area contributed by atoms with Gasteiger partial charge in [-0.2, -0.15) is 0 Å². The predicted octanol–water partition coefficient (Wildman–Crippen LogP) is 2.98. The van der Waals surface area contributed by atoms with Crippen LogP contribution >= 0.6 is 0 Å². The molecule has 0 aliphatic heterocycles. The summed E-state index contributed by atoms with van der Waals surface area (Å²) in [4.78, 5) is 21.6. The number of carboxylic acids is 1. The van der Waals surface area contributed by atoms with Crippen LogP contribution in [-0.4, -0.2) is 17.0 Å². The number of rotatable bonds is 5. The van der Waals surface area contributed by atoms with Crippen LogP contribution in [0.3, 0.4) is 0 Å². The molecule has 0 aliphatic rings. The molecule has 0 aromatic heterocycles. The number of hydrogen-bond donors (Lipinski definition) is 2. The Morgan fingerprint density at radius 3 is 2.14 bits per heavy atom. The molecule has 21 heavy (non-hydrogen) atoms. The lowest BCUT2D eigenvalue weighted by atomic mass is 10.2. The van der Waals surface area contributed by atoms with E-state index < -0.39 is 11.9 Å². The van der Waals surface area contributed by atoms with Gasteiger partial charge in [0.2, 0.25) is 0 Å². The van der Waals surface area contributed by atoms with Crippen molar-refractivity contribution < 1.29 is 19.4 Å². The summed E-state index contributed by atoms with van der Waals surface area (Å²) in [6, 6.07) is 16.4. The molecule has 106 valence electrons. The van der Waals surface area contributed by atoms with Gasteiger partial charge >= 0.3 is 11.9 Å². The number of hydrogen-bond acceptors (Lipinski definition) is 4. The first-order valence-corrected chi connectivity index (χ1v) is 6.18. The van der Waals surface area contributed by atoms with Crippen molar-refractivity contribution in [3.63, 3.8) is 0 Å². The Labute approximate surface area is 121 Å². The van der Waals surface area contributed by atoms with Gasteiger partial charge in [-0.1, -0.05) is 18.2 Å². The van der Waals surface area contributed by atoms with Crippen LogP contribution in [0.15, 0.2) is 66.7 Å². The minimum atomic E-state index is -1.20. The number of esters is 1. The Morgan fingerprint density at radius 2 is 1.52 bits per heavy atom. The van der Waals surface area contributed by atoms with Crippen LogP contribution in [0.4, 0.5) is 11.4 Å². The summed E-state index contributed by atoms with van der Waals surface area (Å²) in [6.07, 6.45) is 1.59. The monoisotopic (exact) mass is 283 g/mol. The molecule has 5 heteroatoms. The van der Waals surface area contributed by atoms with Gasteiger partial charge in [0, 0.05) is 23.5 Å². The molecule has 0 amide bonds. The van der Waals surface area contributed by atoms with Gasteiger partial charge in [-0.05, 0) is 36.4 Å². The van der Waals surface area contributed by atoms with E-state index in [9.17, 15) is 9.59 Å². The van der Waals surface area contributed by atoms with E-state index in [1.165, 1.54) is 0 Å². The van der Waals surface area contributed by atoms with Gasteiger partial charge in [-0.25, -0.2) is 9.59 Å². The van der Waals surface area contributed by atoms with E-state index in [0.29, 0.717) is 5.75 Å². The predicted molar refractivity (Wildman–Crippen MR) is 78.6 cm³/mol. The van der Waals surface area contributed by atoms with Crippen LogP contribution in [0.2, 0.25) is 0 Å². The summed E-state index contributed by atoms with van der Waals surface area (Å²) in [7, 11) is 0. The fraction of sp³-hybridized carbons (Fsp3) is 0. The summed E-state index contributed by atoms with van der Waals surface area (Å²) in [5.74, 6) is -1.59. The number of carboxylic acid groups (broad SMARTS) is 1. The van der Waals surface area contributed by atoms with Gasteiger partial charge in [0.05, 0.1) is 0 Å². The summed E-state index contributed by atoms with van der Waals surface area (Å²) in [5, 5.41) is 11.6. The molecule has 2 N–H and O–H groups in total. The molecule has 0 saturated carbocycles. The molecule has 0 radical (unpaired) electrons. The normalized spacial score (nSPS) is 10.3. The van der Waals surface area contributed by atoms with Crippen molar-refractivity contribution in [2.24, 2.45) is 0 Å². The van der Waals surface area contributed by atoms with Crippen molar-refractivity contribution in [3.8, 4) is 5.75 Å². The average molecular weight is 283 g/mol. The molecule has 2 aromatic rings. The standard InChI is InChI=1S/C16H13NO4/c18-15(19)10-11-16(20)21-14-8-6-13(7-9-14)17-12-4-2-1-3-5-12/h1-11,17H,(H,18,19)/b11-10-. The SMILES string of the molecule is O=C(O)/C=C\C(=O)Oc1ccc(Nc2ccccc2)cc1. The van der Waals surface area contributed by atoms with Crippen molar-refractivity contribution in [1.29, 1.82) is 0 Å². The molecule has 0 saturated heterocycles. The highest BCUT2D eigenvalue weighted by atomic mass is 16.5. The third-order valence-electron chi connectivity index (χ3n) is 2.50. The van der Waals surface area contributed by atoms with Gasteiger partial charge in [0.1, 0.15) is 5.75 Å². The van der Waals surface area contributed by atoms with Crippen LogP contribution in [0.25, 0.3) is 0 Å². The Hall–Kier alpha value is -3.08. The Morgan fingerprint density at radius 1 is 0.905 bits per heavy atom. The van der Waals surface area contributed by atoms with Gasteiger partial charge in [-0.15, -0.1) is 0 Å². The first-order chi connectivity index (χ1) is 10.1. The zero-order valence-electron chi connectivity index (χ0n) is 11.0. The van der Waals surface area contributed by atoms with Crippen molar-refractivity contribution in [3.05, 3.63) is 66.7 Å². The van der Waals surface area contributed by atoms with Crippen molar-refractivity contribution in [2.45, 2.75) is 0 Å². The number of aliphatic carboxylic acids is 1. The fourth-order valence-electron chi connectivity index (χ4n) is 1.58. The van der Waals surface area contributed by atoms with Crippen LogP contribution in [-0.2, 0) is 9.59 Å². The van der Waals surface area contributed by atoms with Crippen molar-refractivity contribution >= 4 is 23.3 Å². The lowest BCUT2D eigenvalue weighted by molar-refractivity contribution is -0.133. The lowest BCUT2D eigenvalue weighted by Gasteiger charge is -2.07. The molecule has 0 spiro atoms. The zero-order valence-corrected chi connectivity index (χ0v) is 11.0. The first kappa shape index (κ1) is 14.3. The highest BCUT2D eigenvalue weighted by Crippen LogP contribution is 2.19. The van der Waals surface area contributed by atoms with Gasteiger partial charge in [0.25, 0.3) is 0 Å². The molecule has 0 bridgehead atoms. The maximum atomic E-state index is 11.3. The summed E-state index contributed by atoms with van der Waals surface area (Å²) in [6.45, 7) is 0. The third-order valence-corrected chi connectivity index (χ3v) is 2.50. The maximum Gasteiger partial charge on any atom is 0.336 e. The number of benzene rings is 2. The molecule has 5 nitrogen and oxygen atoms in total. The number of para-hydroxylation sites is 1. The smallest absolute Gasteiger partial charge is 0.336 e. The fourth-order valence-corrected chi connectivity index (χ4v) is 1.58. The number of nitrogens with one attached hydrogen (secondary N) is 1. The Kier molecular flexibility index (Phi) is 4.71. The van der Waals surface area contributed by atoms with Gasteiger partial charge in [-0.3, -0.25) is 0 Å². The topological polar surface area (TPSA) is 75.6 Å². The second kappa shape index (κ2) is 6.91. The molecular weight excluding hydrogens is 270 g/mol.